The molecular formula is C37H35F4N9O4. The molecule has 3 aliphatic rings. The fraction of sp³-hybridized carbons (Fsp3) is 0.324. The highest BCUT2D eigenvalue weighted by Gasteiger charge is 2.45. The van der Waals surface area contributed by atoms with Gasteiger partial charge in [0.25, 0.3) is 11.8 Å². The van der Waals surface area contributed by atoms with Crippen molar-refractivity contribution in [2.45, 2.75) is 57.0 Å². The minimum absolute atomic E-state index is 0.00398. The lowest BCUT2D eigenvalue weighted by Crippen LogP contribution is -2.54. The number of piperidine rings is 2. The van der Waals surface area contributed by atoms with E-state index in [1.807, 2.05) is 24.1 Å². The number of fused-ring (bicyclic) bond motifs is 1. The van der Waals surface area contributed by atoms with E-state index in [9.17, 15) is 32.3 Å². The van der Waals surface area contributed by atoms with Crippen molar-refractivity contribution in [3.63, 3.8) is 0 Å². The van der Waals surface area contributed by atoms with Crippen LogP contribution in [0.2, 0.25) is 0 Å². The van der Waals surface area contributed by atoms with E-state index < -0.39 is 47.2 Å². The molecule has 2 aromatic heterocycles. The second-order valence-electron chi connectivity index (χ2n) is 13.4. The molecule has 0 radical (unpaired) electrons. The average molecular weight is 746 g/mol. The molecule has 17 heteroatoms. The summed E-state index contributed by atoms with van der Waals surface area (Å²) in [7, 11) is 1.87. The molecule has 4 aromatic rings. The van der Waals surface area contributed by atoms with Crippen LogP contribution < -0.4 is 20.9 Å². The topological polar surface area (TPSA) is 153 Å². The molecule has 3 N–H and O–H groups in total. The van der Waals surface area contributed by atoms with Crippen molar-refractivity contribution in [1.29, 1.82) is 0 Å². The number of halogens is 4. The first kappa shape index (κ1) is 36.4. The Labute approximate surface area is 306 Å². The fourth-order valence-corrected chi connectivity index (χ4v) is 6.98. The maximum absolute atomic E-state index is 15.3. The molecular weight excluding hydrogens is 710 g/mol. The van der Waals surface area contributed by atoms with Gasteiger partial charge in [-0.25, -0.2) is 9.37 Å². The predicted octanol–water partition coefficient (Wildman–Crippen LogP) is 4.89. The first-order valence-electron chi connectivity index (χ1n) is 17.3. The van der Waals surface area contributed by atoms with Crippen LogP contribution in [0, 0.1) is 5.82 Å². The third kappa shape index (κ3) is 7.57. The van der Waals surface area contributed by atoms with Gasteiger partial charge >= 0.3 is 6.18 Å². The molecule has 7 rings (SSSR count). The number of alkyl halides is 3. The van der Waals surface area contributed by atoms with Gasteiger partial charge in [0.05, 0.1) is 11.1 Å². The van der Waals surface area contributed by atoms with Crippen LogP contribution in [-0.2, 0) is 28.9 Å². The predicted molar refractivity (Wildman–Crippen MR) is 188 cm³/mol. The lowest BCUT2D eigenvalue weighted by Gasteiger charge is -2.38. The van der Waals surface area contributed by atoms with E-state index in [4.69, 9.17) is 0 Å². The van der Waals surface area contributed by atoms with Gasteiger partial charge in [0.2, 0.25) is 17.8 Å². The van der Waals surface area contributed by atoms with E-state index >= 15 is 4.39 Å². The molecule has 3 aliphatic heterocycles. The van der Waals surface area contributed by atoms with E-state index in [2.05, 4.69) is 35.8 Å². The van der Waals surface area contributed by atoms with Gasteiger partial charge in [0.1, 0.15) is 23.2 Å². The van der Waals surface area contributed by atoms with Gasteiger partial charge in [0, 0.05) is 74.2 Å². The van der Waals surface area contributed by atoms with E-state index in [1.54, 1.807) is 36.7 Å². The zero-order valence-corrected chi connectivity index (χ0v) is 29.0. The summed E-state index contributed by atoms with van der Waals surface area (Å²) >= 11 is 0. The number of imide groups is 2. The summed E-state index contributed by atoms with van der Waals surface area (Å²) in [5.41, 5.74) is 1.42. The van der Waals surface area contributed by atoms with Crippen LogP contribution in [0.15, 0.2) is 67.1 Å². The Morgan fingerprint density at radius 3 is 2.35 bits per heavy atom. The van der Waals surface area contributed by atoms with Crippen molar-refractivity contribution in [3.05, 3.63) is 101 Å². The zero-order valence-electron chi connectivity index (χ0n) is 29.0. The van der Waals surface area contributed by atoms with Crippen molar-refractivity contribution in [1.82, 2.24) is 30.1 Å². The smallest absolute Gasteiger partial charge is 0.371 e. The van der Waals surface area contributed by atoms with E-state index in [1.165, 1.54) is 6.07 Å². The number of carbonyl (C=O) groups excluding carboxylic acids is 4. The molecule has 2 saturated heterocycles. The summed E-state index contributed by atoms with van der Waals surface area (Å²) < 4.78 is 56.3. The van der Waals surface area contributed by atoms with Gasteiger partial charge < -0.3 is 15.5 Å². The van der Waals surface area contributed by atoms with Gasteiger partial charge in [-0.15, -0.1) is 0 Å². The number of amides is 4. The molecule has 0 aliphatic carbocycles. The molecule has 4 amide bonds. The van der Waals surface area contributed by atoms with Crippen LogP contribution in [0.25, 0.3) is 0 Å². The summed E-state index contributed by atoms with van der Waals surface area (Å²) in [6.07, 6.45) is 0.747. The van der Waals surface area contributed by atoms with E-state index in [0.29, 0.717) is 24.3 Å². The summed E-state index contributed by atoms with van der Waals surface area (Å²) in [6.45, 7) is 1.69. The number of nitrogens with zero attached hydrogens (tertiary/aromatic N) is 6. The summed E-state index contributed by atoms with van der Waals surface area (Å²) in [6, 6.07) is 12.2. The molecule has 1 unspecified atom stereocenters. The maximum atomic E-state index is 15.3. The minimum atomic E-state index is -4.65. The van der Waals surface area contributed by atoms with Crippen LogP contribution in [-0.4, -0.2) is 80.6 Å². The van der Waals surface area contributed by atoms with Crippen molar-refractivity contribution < 1.29 is 36.7 Å². The fourth-order valence-electron chi connectivity index (χ4n) is 6.98. The van der Waals surface area contributed by atoms with Gasteiger partial charge in [-0.2, -0.15) is 18.2 Å². The molecule has 2 aromatic carbocycles. The Kier molecular flexibility index (Phi) is 9.98. The third-order valence-corrected chi connectivity index (χ3v) is 9.88. The quantitative estimate of drug-likeness (QED) is 0.150. The second kappa shape index (κ2) is 14.8. The van der Waals surface area contributed by atoms with Crippen LogP contribution in [0.3, 0.4) is 0 Å². The van der Waals surface area contributed by atoms with Crippen molar-refractivity contribution >= 4 is 46.8 Å². The molecule has 13 nitrogen and oxygen atoms in total. The number of nitrogens with one attached hydrogen (secondary N) is 3. The Bertz CT molecular complexity index is 2090. The molecule has 1 atom stereocenters. The standard InChI is InChI=1S/C37H35F4N9O4/c1-48(20-22-15-26-27(16-29(22)38)35(54)50(34(26)53)30-8-9-31(51)46-33(30)52)24-10-13-49(14-11-24)25-6-4-23(5-7-25)45-36-44-19-28(37(39,40)41)32(47-36)43-18-21-3-2-12-42-17-21/h2-7,12,15-17,19,24,30H,8-11,13-14,18,20H2,1H3,(H,46,51,52)(H2,43,44,45,47). The van der Waals surface area contributed by atoms with Crippen LogP contribution in [0.1, 0.15) is 63.1 Å². The normalized spacial score (nSPS) is 17.9. The number of benzene rings is 2. The lowest BCUT2D eigenvalue weighted by molar-refractivity contribution is -0.138. The number of carbonyl (C=O) groups is 4. The maximum Gasteiger partial charge on any atom is 0.421 e. The van der Waals surface area contributed by atoms with E-state index in [0.717, 1.165) is 35.7 Å². The summed E-state index contributed by atoms with van der Waals surface area (Å²) in [4.78, 5) is 67.2. The Morgan fingerprint density at radius 2 is 1.69 bits per heavy atom. The molecule has 54 heavy (non-hydrogen) atoms. The molecule has 0 spiro atoms. The van der Waals surface area contributed by atoms with Gasteiger partial charge in [-0.05, 0) is 74.3 Å². The van der Waals surface area contributed by atoms with Crippen molar-refractivity contribution in [2.24, 2.45) is 0 Å². The van der Waals surface area contributed by atoms with Crippen molar-refractivity contribution in [3.8, 4) is 0 Å². The number of aromatic nitrogens is 3. The number of pyridine rings is 1. The Hall–Kier alpha value is -5.97. The monoisotopic (exact) mass is 745 g/mol. The number of hydrogen-bond acceptors (Lipinski definition) is 11. The highest BCUT2D eigenvalue weighted by molar-refractivity contribution is 6.23. The highest BCUT2D eigenvalue weighted by atomic mass is 19.4. The third-order valence-electron chi connectivity index (χ3n) is 9.88. The largest absolute Gasteiger partial charge is 0.421 e. The van der Waals surface area contributed by atoms with Gasteiger partial charge in [0.15, 0.2) is 0 Å². The Balaban J connectivity index is 0.946. The zero-order chi connectivity index (χ0) is 38.1. The lowest BCUT2D eigenvalue weighted by atomic mass is 10.0. The highest BCUT2D eigenvalue weighted by Crippen LogP contribution is 2.35. The van der Waals surface area contributed by atoms with Gasteiger partial charge in [-0.1, -0.05) is 6.07 Å². The number of hydrogen-bond donors (Lipinski definition) is 3. The first-order chi connectivity index (χ1) is 25.9. The molecule has 0 bridgehead atoms. The first-order valence-corrected chi connectivity index (χ1v) is 17.3. The van der Waals surface area contributed by atoms with E-state index in [-0.39, 0.29) is 60.4 Å². The number of anilines is 4. The molecule has 5 heterocycles. The molecule has 2 fully saturated rings. The van der Waals surface area contributed by atoms with Crippen LogP contribution in [0.4, 0.5) is 40.7 Å². The van der Waals surface area contributed by atoms with Crippen LogP contribution in [0.5, 0.6) is 0 Å². The average Bonchev–Trinajstić information content (AvgIpc) is 3.38. The summed E-state index contributed by atoms with van der Waals surface area (Å²) in [5, 5.41) is 7.87. The number of rotatable bonds is 10. The second-order valence-corrected chi connectivity index (χ2v) is 13.4. The molecule has 280 valence electrons. The van der Waals surface area contributed by atoms with Crippen LogP contribution >= 0.6 is 0 Å². The SMILES string of the molecule is CN(Cc1cc2c(cc1F)C(=O)N(C1CCC(=O)NC1=O)C2=O)C1CCN(c2ccc(Nc3ncc(C(F)(F)F)c(NCc4cccnc4)n3)cc2)CC1. The summed E-state index contributed by atoms with van der Waals surface area (Å²) in [5.74, 6) is -3.64. The minimum Gasteiger partial charge on any atom is -0.371 e. The van der Waals surface area contributed by atoms with Gasteiger partial charge in [-0.3, -0.25) is 39.3 Å². The van der Waals surface area contributed by atoms with Crippen molar-refractivity contribution in [2.75, 3.05) is 35.7 Å². The Morgan fingerprint density at radius 1 is 0.963 bits per heavy atom. The molecule has 0 saturated carbocycles.